The number of aromatic nitrogens is 2. The molecule has 3 aromatic heterocycles. The second-order valence-corrected chi connectivity index (χ2v) is 6.64. The van der Waals surface area contributed by atoms with E-state index in [4.69, 9.17) is 4.42 Å². The van der Waals surface area contributed by atoms with Crippen molar-refractivity contribution in [2.75, 3.05) is 0 Å². The molecule has 0 spiro atoms. The summed E-state index contributed by atoms with van der Waals surface area (Å²) >= 11 is 1.35. The molecule has 0 aliphatic heterocycles. The molecule has 0 saturated heterocycles. The highest BCUT2D eigenvalue weighted by Gasteiger charge is 2.19. The zero-order valence-electron chi connectivity index (χ0n) is 13.6. The minimum Gasteiger partial charge on any atom is -0.480 e. The minimum absolute atomic E-state index is 0.365. The van der Waals surface area contributed by atoms with Gasteiger partial charge in [-0.25, -0.2) is 4.98 Å². The third-order valence-corrected chi connectivity index (χ3v) is 4.93. The van der Waals surface area contributed by atoms with Crippen LogP contribution >= 0.6 is 11.3 Å². The SMILES string of the molecule is O=C(O)Cn1c(Cc2ccccc2)nc2scc(-c3ccco3)c2c1=O. The average molecular weight is 366 g/mol. The molecule has 4 aromatic rings. The van der Waals surface area contributed by atoms with E-state index >= 15 is 0 Å². The fourth-order valence-corrected chi connectivity index (χ4v) is 3.83. The summed E-state index contributed by atoms with van der Waals surface area (Å²) in [7, 11) is 0. The van der Waals surface area contributed by atoms with Gasteiger partial charge in [-0.3, -0.25) is 14.2 Å². The number of carboxylic acids is 1. The summed E-state index contributed by atoms with van der Waals surface area (Å²) in [6.07, 6.45) is 1.92. The minimum atomic E-state index is -1.09. The van der Waals surface area contributed by atoms with Gasteiger partial charge in [0.1, 0.15) is 23.0 Å². The Kier molecular flexibility index (Phi) is 4.14. The van der Waals surface area contributed by atoms with Gasteiger partial charge in [0.25, 0.3) is 5.56 Å². The Morgan fingerprint density at radius 1 is 1.19 bits per heavy atom. The first kappa shape index (κ1) is 16.3. The van der Waals surface area contributed by atoms with E-state index in [2.05, 4.69) is 4.98 Å². The number of rotatable bonds is 5. The van der Waals surface area contributed by atoms with Crippen LogP contribution in [-0.2, 0) is 17.8 Å². The van der Waals surface area contributed by atoms with E-state index in [0.717, 1.165) is 5.56 Å². The topological polar surface area (TPSA) is 85.3 Å². The van der Waals surface area contributed by atoms with E-state index < -0.39 is 12.5 Å². The van der Waals surface area contributed by atoms with Crippen LogP contribution in [0.25, 0.3) is 21.5 Å². The summed E-state index contributed by atoms with van der Waals surface area (Å²) in [4.78, 5) is 29.6. The Morgan fingerprint density at radius 2 is 2.00 bits per heavy atom. The lowest BCUT2D eigenvalue weighted by molar-refractivity contribution is -0.137. The molecule has 6 nitrogen and oxygen atoms in total. The van der Waals surface area contributed by atoms with Crippen molar-refractivity contribution in [3.63, 3.8) is 0 Å². The number of hydrogen-bond acceptors (Lipinski definition) is 5. The van der Waals surface area contributed by atoms with Crippen molar-refractivity contribution in [3.8, 4) is 11.3 Å². The standard InChI is InChI=1S/C19H14N2O4S/c22-16(23)10-21-15(9-12-5-2-1-3-6-12)20-18-17(19(21)24)13(11-26-18)14-7-4-8-25-14/h1-8,11H,9-10H2,(H,22,23). The summed E-state index contributed by atoms with van der Waals surface area (Å²) in [5.41, 5.74) is 1.23. The van der Waals surface area contributed by atoms with Crippen LogP contribution in [0.2, 0.25) is 0 Å². The second kappa shape index (κ2) is 6.61. The number of benzene rings is 1. The zero-order valence-corrected chi connectivity index (χ0v) is 14.4. The van der Waals surface area contributed by atoms with Gasteiger partial charge in [-0.2, -0.15) is 0 Å². The Bertz CT molecular complexity index is 1130. The maximum absolute atomic E-state index is 13.1. The summed E-state index contributed by atoms with van der Waals surface area (Å²) < 4.78 is 6.64. The Hall–Kier alpha value is -3.19. The van der Waals surface area contributed by atoms with Crippen LogP contribution < -0.4 is 5.56 Å². The molecular weight excluding hydrogens is 352 g/mol. The number of hydrogen-bond donors (Lipinski definition) is 1. The van der Waals surface area contributed by atoms with E-state index in [0.29, 0.717) is 33.8 Å². The Morgan fingerprint density at radius 3 is 2.69 bits per heavy atom. The first-order chi connectivity index (χ1) is 12.6. The molecule has 0 aliphatic carbocycles. The van der Waals surface area contributed by atoms with Crippen molar-refractivity contribution in [2.24, 2.45) is 0 Å². The van der Waals surface area contributed by atoms with Crippen LogP contribution in [0.5, 0.6) is 0 Å². The molecule has 0 aliphatic rings. The quantitative estimate of drug-likeness (QED) is 0.585. The largest absolute Gasteiger partial charge is 0.480 e. The first-order valence-electron chi connectivity index (χ1n) is 7.94. The van der Waals surface area contributed by atoms with Crippen LogP contribution in [-0.4, -0.2) is 20.6 Å². The maximum atomic E-state index is 13.1. The van der Waals surface area contributed by atoms with Gasteiger partial charge in [-0.15, -0.1) is 11.3 Å². The molecule has 0 bridgehead atoms. The highest BCUT2D eigenvalue weighted by atomic mass is 32.1. The predicted molar refractivity (Wildman–Crippen MR) is 98.5 cm³/mol. The monoisotopic (exact) mass is 366 g/mol. The predicted octanol–water partition coefficient (Wildman–Crippen LogP) is 3.39. The number of nitrogens with zero attached hydrogens (tertiary/aromatic N) is 2. The third kappa shape index (κ3) is 2.93. The van der Waals surface area contributed by atoms with Gasteiger partial charge >= 0.3 is 5.97 Å². The molecule has 0 saturated carbocycles. The average Bonchev–Trinajstić information content (AvgIpc) is 3.28. The van der Waals surface area contributed by atoms with Crippen molar-refractivity contribution >= 4 is 27.5 Å². The lowest BCUT2D eigenvalue weighted by Crippen LogP contribution is -2.28. The van der Waals surface area contributed by atoms with E-state index in [1.165, 1.54) is 22.2 Å². The number of aliphatic carboxylic acids is 1. The summed E-state index contributed by atoms with van der Waals surface area (Å²) in [5.74, 6) is -0.0888. The van der Waals surface area contributed by atoms with Crippen LogP contribution in [0.15, 0.2) is 63.3 Å². The Balaban J connectivity index is 1.92. The molecule has 0 unspecified atom stereocenters. The number of furan rings is 1. The summed E-state index contributed by atoms with van der Waals surface area (Å²) in [5, 5.41) is 11.5. The van der Waals surface area contributed by atoms with Crippen molar-refractivity contribution in [1.82, 2.24) is 9.55 Å². The second-order valence-electron chi connectivity index (χ2n) is 5.78. The summed E-state index contributed by atoms with van der Waals surface area (Å²) in [6, 6.07) is 13.0. The zero-order chi connectivity index (χ0) is 18.1. The molecule has 0 fully saturated rings. The van der Waals surface area contributed by atoms with E-state index in [1.54, 1.807) is 12.1 Å². The van der Waals surface area contributed by atoms with Crippen LogP contribution in [0.4, 0.5) is 0 Å². The highest BCUT2D eigenvalue weighted by Crippen LogP contribution is 2.31. The molecule has 1 N–H and O–H groups in total. The van der Waals surface area contributed by atoms with Gasteiger partial charge in [-0.05, 0) is 17.7 Å². The van der Waals surface area contributed by atoms with Crippen molar-refractivity contribution in [3.05, 3.63) is 75.8 Å². The fraction of sp³-hybridized carbons (Fsp3) is 0.105. The molecule has 3 heterocycles. The van der Waals surface area contributed by atoms with Gasteiger partial charge in [0, 0.05) is 17.4 Å². The lowest BCUT2D eigenvalue weighted by atomic mass is 10.1. The van der Waals surface area contributed by atoms with Gasteiger partial charge in [-0.1, -0.05) is 30.3 Å². The molecule has 26 heavy (non-hydrogen) atoms. The fourth-order valence-electron chi connectivity index (χ4n) is 2.89. The molecule has 0 atom stereocenters. The first-order valence-corrected chi connectivity index (χ1v) is 8.82. The van der Waals surface area contributed by atoms with Crippen molar-refractivity contribution in [1.29, 1.82) is 0 Å². The lowest BCUT2D eigenvalue weighted by Gasteiger charge is -2.11. The van der Waals surface area contributed by atoms with Crippen LogP contribution in [0, 0.1) is 0 Å². The van der Waals surface area contributed by atoms with Gasteiger partial charge in [0.05, 0.1) is 11.6 Å². The molecule has 130 valence electrons. The van der Waals surface area contributed by atoms with Crippen molar-refractivity contribution < 1.29 is 14.3 Å². The van der Waals surface area contributed by atoms with E-state index in [9.17, 15) is 14.7 Å². The highest BCUT2D eigenvalue weighted by molar-refractivity contribution is 7.17. The molecule has 4 rings (SSSR count). The van der Waals surface area contributed by atoms with Crippen LogP contribution in [0.3, 0.4) is 0 Å². The van der Waals surface area contributed by atoms with E-state index in [-0.39, 0.29) is 5.56 Å². The molecular formula is C19H14N2O4S. The van der Waals surface area contributed by atoms with Crippen LogP contribution in [0.1, 0.15) is 11.4 Å². The van der Waals surface area contributed by atoms with Crippen molar-refractivity contribution in [2.45, 2.75) is 13.0 Å². The number of thiophene rings is 1. The number of carbonyl (C=O) groups is 1. The smallest absolute Gasteiger partial charge is 0.323 e. The molecule has 7 heteroatoms. The number of carboxylic acid groups (broad SMARTS) is 1. The molecule has 1 aromatic carbocycles. The normalized spacial score (nSPS) is 11.1. The van der Waals surface area contributed by atoms with Gasteiger partial charge in [0.2, 0.25) is 0 Å². The summed E-state index contributed by atoms with van der Waals surface area (Å²) in [6.45, 7) is -0.433. The van der Waals surface area contributed by atoms with E-state index in [1.807, 2.05) is 35.7 Å². The third-order valence-electron chi connectivity index (χ3n) is 4.06. The molecule has 0 radical (unpaired) electrons. The van der Waals surface area contributed by atoms with Gasteiger partial charge in [0.15, 0.2) is 0 Å². The van der Waals surface area contributed by atoms with Gasteiger partial charge < -0.3 is 9.52 Å². The Labute approximate surface area is 152 Å². The molecule has 0 amide bonds. The number of fused-ring (bicyclic) bond motifs is 1. The maximum Gasteiger partial charge on any atom is 0.323 e.